The van der Waals surface area contributed by atoms with Crippen LogP contribution in [0, 0.1) is 0 Å². The first-order valence-corrected chi connectivity index (χ1v) is 7.56. The van der Waals surface area contributed by atoms with Crippen molar-refractivity contribution < 1.29 is 9.53 Å². The molecule has 5 heteroatoms. The van der Waals surface area contributed by atoms with Gasteiger partial charge in [-0.3, -0.25) is 9.69 Å². The van der Waals surface area contributed by atoms with Crippen LogP contribution in [0.3, 0.4) is 0 Å². The van der Waals surface area contributed by atoms with Gasteiger partial charge in [-0.2, -0.15) is 0 Å². The molecule has 110 valence electrons. The van der Waals surface area contributed by atoms with Crippen LogP contribution in [0.4, 0.5) is 0 Å². The first kappa shape index (κ1) is 14.8. The molecule has 2 saturated heterocycles. The number of rotatable bonds is 5. The van der Waals surface area contributed by atoms with Crippen LogP contribution < -0.4 is 5.32 Å². The van der Waals surface area contributed by atoms with Crippen molar-refractivity contribution in [3.63, 3.8) is 0 Å². The van der Waals surface area contributed by atoms with Gasteiger partial charge >= 0.3 is 0 Å². The van der Waals surface area contributed by atoms with Crippen LogP contribution in [0.1, 0.15) is 26.7 Å². The molecule has 0 aliphatic carbocycles. The Morgan fingerprint density at radius 2 is 2.11 bits per heavy atom. The lowest BCUT2D eigenvalue weighted by atomic mass is 10.2. The van der Waals surface area contributed by atoms with Gasteiger partial charge in [0.2, 0.25) is 5.91 Å². The lowest BCUT2D eigenvalue weighted by molar-refractivity contribution is -0.137. The molecule has 2 fully saturated rings. The summed E-state index contributed by atoms with van der Waals surface area (Å²) in [5.74, 6) is 0.212. The number of ether oxygens (including phenoxy) is 1. The Morgan fingerprint density at radius 1 is 1.37 bits per heavy atom. The largest absolute Gasteiger partial charge is 0.378 e. The molecular formula is C14H27N3O2. The first-order valence-electron chi connectivity index (χ1n) is 7.56. The third-order valence-corrected chi connectivity index (χ3v) is 4.26. The van der Waals surface area contributed by atoms with Gasteiger partial charge in [-0.1, -0.05) is 6.92 Å². The normalized spacial score (nSPS) is 26.6. The zero-order chi connectivity index (χ0) is 13.7. The fourth-order valence-corrected chi connectivity index (χ4v) is 3.00. The molecule has 2 aliphatic rings. The van der Waals surface area contributed by atoms with Crippen LogP contribution in [-0.4, -0.2) is 73.7 Å². The van der Waals surface area contributed by atoms with E-state index >= 15 is 0 Å². The molecule has 2 unspecified atom stereocenters. The summed E-state index contributed by atoms with van der Waals surface area (Å²) in [7, 11) is 0. The quantitative estimate of drug-likeness (QED) is 0.780. The van der Waals surface area contributed by atoms with Crippen molar-refractivity contribution in [1.29, 1.82) is 0 Å². The summed E-state index contributed by atoms with van der Waals surface area (Å²) < 4.78 is 5.28. The molecule has 2 aliphatic heterocycles. The molecule has 2 atom stereocenters. The van der Waals surface area contributed by atoms with Crippen molar-refractivity contribution in [2.45, 2.75) is 38.8 Å². The predicted octanol–water partition coefficient (Wildman–Crippen LogP) is 0.308. The zero-order valence-electron chi connectivity index (χ0n) is 12.2. The molecule has 5 nitrogen and oxygen atoms in total. The number of nitrogens with one attached hydrogen (secondary N) is 1. The van der Waals surface area contributed by atoms with E-state index in [0.717, 1.165) is 26.2 Å². The van der Waals surface area contributed by atoms with Crippen molar-refractivity contribution in [3.05, 3.63) is 0 Å². The number of morpholine rings is 1. The third kappa shape index (κ3) is 3.91. The van der Waals surface area contributed by atoms with E-state index in [2.05, 4.69) is 17.1 Å². The summed E-state index contributed by atoms with van der Waals surface area (Å²) in [6.07, 6.45) is 2.53. The SMILES string of the molecule is CCN1CCCC1CNC(C)C(=O)N1CCOCC1. The molecule has 0 aromatic carbocycles. The zero-order valence-corrected chi connectivity index (χ0v) is 12.2. The van der Waals surface area contributed by atoms with Gasteiger partial charge in [-0.05, 0) is 32.9 Å². The number of hydrogen-bond donors (Lipinski definition) is 1. The van der Waals surface area contributed by atoms with Gasteiger partial charge in [-0.15, -0.1) is 0 Å². The van der Waals surface area contributed by atoms with Crippen LogP contribution in [-0.2, 0) is 9.53 Å². The lowest BCUT2D eigenvalue weighted by Gasteiger charge is -2.30. The Labute approximate surface area is 116 Å². The van der Waals surface area contributed by atoms with Crippen LogP contribution in [0.15, 0.2) is 0 Å². The average Bonchev–Trinajstić information content (AvgIpc) is 2.92. The molecule has 2 rings (SSSR count). The predicted molar refractivity (Wildman–Crippen MR) is 75.1 cm³/mol. The molecule has 19 heavy (non-hydrogen) atoms. The van der Waals surface area contributed by atoms with E-state index < -0.39 is 0 Å². The van der Waals surface area contributed by atoms with E-state index in [0.29, 0.717) is 19.3 Å². The molecule has 1 N–H and O–H groups in total. The average molecular weight is 269 g/mol. The lowest BCUT2D eigenvalue weighted by Crippen LogP contribution is -2.51. The summed E-state index contributed by atoms with van der Waals surface area (Å²) in [4.78, 5) is 16.7. The summed E-state index contributed by atoms with van der Waals surface area (Å²) in [5, 5.41) is 3.41. The van der Waals surface area contributed by atoms with Crippen molar-refractivity contribution >= 4 is 5.91 Å². The standard InChI is InChI=1S/C14H27N3O2/c1-3-16-6-4-5-13(16)11-15-12(2)14(18)17-7-9-19-10-8-17/h12-13,15H,3-11H2,1-2H3. The molecule has 0 spiro atoms. The number of carbonyl (C=O) groups excluding carboxylic acids is 1. The third-order valence-electron chi connectivity index (χ3n) is 4.26. The van der Waals surface area contributed by atoms with Crippen molar-refractivity contribution in [3.8, 4) is 0 Å². The number of likely N-dealkylation sites (N-methyl/N-ethyl adjacent to an activating group) is 1. The van der Waals surface area contributed by atoms with Crippen LogP contribution in [0.2, 0.25) is 0 Å². The van der Waals surface area contributed by atoms with Crippen molar-refractivity contribution in [2.75, 3.05) is 45.9 Å². The minimum Gasteiger partial charge on any atom is -0.378 e. The smallest absolute Gasteiger partial charge is 0.239 e. The van der Waals surface area contributed by atoms with Crippen LogP contribution in [0.5, 0.6) is 0 Å². The Kier molecular flexibility index (Phi) is 5.60. The number of nitrogens with zero attached hydrogens (tertiary/aromatic N) is 2. The van der Waals surface area contributed by atoms with Gasteiger partial charge in [0.1, 0.15) is 0 Å². The van der Waals surface area contributed by atoms with Gasteiger partial charge < -0.3 is 15.0 Å². The van der Waals surface area contributed by atoms with Crippen LogP contribution >= 0.6 is 0 Å². The first-order chi connectivity index (χ1) is 9.22. The van der Waals surface area contributed by atoms with Gasteiger partial charge in [0, 0.05) is 25.7 Å². The van der Waals surface area contributed by atoms with Crippen molar-refractivity contribution in [2.24, 2.45) is 0 Å². The minimum absolute atomic E-state index is 0.0857. The number of amides is 1. The molecule has 2 heterocycles. The Balaban J connectivity index is 1.73. The summed E-state index contributed by atoms with van der Waals surface area (Å²) in [6.45, 7) is 10.2. The van der Waals surface area contributed by atoms with Gasteiger partial charge in [0.15, 0.2) is 0 Å². The molecule has 0 saturated carbocycles. The maximum atomic E-state index is 12.2. The summed E-state index contributed by atoms with van der Waals surface area (Å²) in [5.41, 5.74) is 0. The highest BCUT2D eigenvalue weighted by molar-refractivity contribution is 5.81. The van der Waals surface area contributed by atoms with Gasteiger partial charge in [0.25, 0.3) is 0 Å². The second kappa shape index (κ2) is 7.22. The van der Waals surface area contributed by atoms with Crippen LogP contribution in [0.25, 0.3) is 0 Å². The van der Waals surface area contributed by atoms with Crippen molar-refractivity contribution in [1.82, 2.24) is 15.1 Å². The minimum atomic E-state index is -0.0857. The van der Waals surface area contributed by atoms with Gasteiger partial charge in [-0.25, -0.2) is 0 Å². The van der Waals surface area contributed by atoms with E-state index in [1.165, 1.54) is 19.4 Å². The van der Waals surface area contributed by atoms with E-state index in [1.54, 1.807) is 0 Å². The molecule has 0 radical (unpaired) electrons. The van der Waals surface area contributed by atoms with Gasteiger partial charge in [0.05, 0.1) is 19.3 Å². The van der Waals surface area contributed by atoms with E-state index in [1.807, 2.05) is 11.8 Å². The fraction of sp³-hybridized carbons (Fsp3) is 0.929. The number of hydrogen-bond acceptors (Lipinski definition) is 4. The number of carbonyl (C=O) groups is 1. The monoisotopic (exact) mass is 269 g/mol. The highest BCUT2D eigenvalue weighted by atomic mass is 16.5. The second-order valence-corrected chi connectivity index (χ2v) is 5.49. The highest BCUT2D eigenvalue weighted by Crippen LogP contribution is 2.15. The highest BCUT2D eigenvalue weighted by Gasteiger charge is 2.26. The molecule has 1 amide bonds. The summed E-state index contributed by atoms with van der Waals surface area (Å²) in [6, 6.07) is 0.516. The Morgan fingerprint density at radius 3 is 2.79 bits per heavy atom. The Hall–Kier alpha value is -0.650. The molecular weight excluding hydrogens is 242 g/mol. The maximum absolute atomic E-state index is 12.2. The molecule has 0 bridgehead atoms. The maximum Gasteiger partial charge on any atom is 0.239 e. The fourth-order valence-electron chi connectivity index (χ4n) is 3.00. The Bertz CT molecular complexity index is 292. The second-order valence-electron chi connectivity index (χ2n) is 5.49. The molecule has 0 aromatic heterocycles. The van der Waals surface area contributed by atoms with E-state index in [4.69, 9.17) is 4.74 Å². The summed E-state index contributed by atoms with van der Waals surface area (Å²) >= 11 is 0. The van der Waals surface area contributed by atoms with E-state index in [-0.39, 0.29) is 11.9 Å². The topological polar surface area (TPSA) is 44.8 Å². The number of likely N-dealkylation sites (tertiary alicyclic amines) is 1. The van der Waals surface area contributed by atoms with E-state index in [9.17, 15) is 4.79 Å². The molecule has 0 aromatic rings.